The van der Waals surface area contributed by atoms with Gasteiger partial charge in [-0.1, -0.05) is 24.3 Å². The molecule has 0 saturated heterocycles. The number of rotatable bonds is 6. The lowest BCUT2D eigenvalue weighted by atomic mass is 9.84. The van der Waals surface area contributed by atoms with Gasteiger partial charge in [-0.2, -0.15) is 0 Å². The van der Waals surface area contributed by atoms with Crippen LogP contribution in [0.5, 0.6) is 0 Å². The van der Waals surface area contributed by atoms with E-state index in [1.54, 1.807) is 0 Å². The van der Waals surface area contributed by atoms with Gasteiger partial charge in [-0.15, -0.1) is 0 Å². The predicted molar refractivity (Wildman–Crippen MR) is 80.1 cm³/mol. The summed E-state index contributed by atoms with van der Waals surface area (Å²) in [5, 5.41) is 9.52. The number of nitrogens with two attached hydrogens (primary N) is 1. The van der Waals surface area contributed by atoms with Gasteiger partial charge in [0.25, 0.3) is 0 Å². The topological polar surface area (TPSA) is 46.2 Å². The zero-order chi connectivity index (χ0) is 13.5. The summed E-state index contributed by atoms with van der Waals surface area (Å²) in [5.41, 5.74) is 8.44. The van der Waals surface area contributed by atoms with Gasteiger partial charge in [0, 0.05) is 0 Å². The lowest BCUT2D eigenvalue weighted by Gasteiger charge is -2.25. The number of aliphatic hydroxyl groups is 1. The molecule has 0 bridgehead atoms. The standard InChI is InChI=1S/C17H27NO/c18-12-2-5-15-3-1-4-16(13-15)7-6-14-8-10-17(19)11-9-14/h1,3-4,13-14,17,19H,2,5-12,18H2. The predicted octanol–water partition coefficient (Wildman–Crippen LogP) is 3.06. The van der Waals surface area contributed by atoms with Crippen LogP contribution in [0, 0.1) is 5.92 Å². The van der Waals surface area contributed by atoms with Gasteiger partial charge in [0.1, 0.15) is 0 Å². The molecule has 3 N–H and O–H groups in total. The van der Waals surface area contributed by atoms with Gasteiger partial charge in [-0.05, 0) is 75.0 Å². The molecule has 1 aliphatic carbocycles. The summed E-state index contributed by atoms with van der Waals surface area (Å²) < 4.78 is 0. The Morgan fingerprint density at radius 2 is 1.74 bits per heavy atom. The lowest BCUT2D eigenvalue weighted by molar-refractivity contribution is 0.106. The highest BCUT2D eigenvalue weighted by Crippen LogP contribution is 2.28. The van der Waals surface area contributed by atoms with E-state index in [9.17, 15) is 5.11 Å². The Hall–Kier alpha value is -0.860. The van der Waals surface area contributed by atoms with Gasteiger partial charge in [0.15, 0.2) is 0 Å². The van der Waals surface area contributed by atoms with Crippen molar-refractivity contribution in [1.29, 1.82) is 0 Å². The molecule has 1 fully saturated rings. The molecule has 106 valence electrons. The van der Waals surface area contributed by atoms with Crippen molar-refractivity contribution in [3.8, 4) is 0 Å². The minimum atomic E-state index is -0.0316. The fourth-order valence-corrected chi connectivity index (χ4v) is 3.05. The first kappa shape index (κ1) is 14.5. The maximum Gasteiger partial charge on any atom is 0.0540 e. The SMILES string of the molecule is NCCCc1cccc(CCC2CCC(O)CC2)c1. The monoisotopic (exact) mass is 261 g/mol. The minimum absolute atomic E-state index is 0.0316. The Bertz CT molecular complexity index is 369. The van der Waals surface area contributed by atoms with Gasteiger partial charge in [-0.25, -0.2) is 0 Å². The van der Waals surface area contributed by atoms with Crippen molar-refractivity contribution in [2.24, 2.45) is 11.7 Å². The molecular weight excluding hydrogens is 234 g/mol. The molecule has 1 saturated carbocycles. The van der Waals surface area contributed by atoms with E-state index in [0.717, 1.165) is 38.1 Å². The van der Waals surface area contributed by atoms with Crippen LogP contribution in [0.15, 0.2) is 24.3 Å². The zero-order valence-electron chi connectivity index (χ0n) is 11.9. The molecule has 0 unspecified atom stereocenters. The fraction of sp³-hybridized carbons (Fsp3) is 0.647. The van der Waals surface area contributed by atoms with E-state index in [-0.39, 0.29) is 6.10 Å². The van der Waals surface area contributed by atoms with Crippen molar-refractivity contribution in [1.82, 2.24) is 0 Å². The van der Waals surface area contributed by atoms with Crippen LogP contribution < -0.4 is 5.73 Å². The smallest absolute Gasteiger partial charge is 0.0540 e. The third-order valence-corrected chi connectivity index (χ3v) is 4.32. The Kier molecular flexibility index (Phi) is 5.87. The second-order valence-corrected chi connectivity index (χ2v) is 5.93. The molecule has 0 amide bonds. The zero-order valence-corrected chi connectivity index (χ0v) is 11.9. The average molecular weight is 261 g/mol. The maximum absolute atomic E-state index is 9.52. The molecular formula is C17H27NO. The summed E-state index contributed by atoms with van der Waals surface area (Å²) >= 11 is 0. The lowest BCUT2D eigenvalue weighted by Crippen LogP contribution is -2.18. The number of hydrogen-bond donors (Lipinski definition) is 2. The first-order valence-electron chi connectivity index (χ1n) is 7.74. The number of hydrogen-bond acceptors (Lipinski definition) is 2. The molecule has 0 heterocycles. The highest BCUT2D eigenvalue weighted by atomic mass is 16.3. The first-order valence-corrected chi connectivity index (χ1v) is 7.74. The number of benzene rings is 1. The molecule has 1 aliphatic rings. The molecule has 1 aromatic rings. The Labute approximate surface area is 117 Å². The van der Waals surface area contributed by atoms with E-state index in [1.165, 1.54) is 36.8 Å². The third kappa shape index (κ3) is 4.96. The van der Waals surface area contributed by atoms with E-state index >= 15 is 0 Å². The van der Waals surface area contributed by atoms with Crippen molar-refractivity contribution < 1.29 is 5.11 Å². The van der Waals surface area contributed by atoms with E-state index in [2.05, 4.69) is 24.3 Å². The molecule has 19 heavy (non-hydrogen) atoms. The van der Waals surface area contributed by atoms with Gasteiger partial charge in [0.2, 0.25) is 0 Å². The van der Waals surface area contributed by atoms with Crippen molar-refractivity contribution >= 4 is 0 Å². The van der Waals surface area contributed by atoms with Crippen LogP contribution in [0.2, 0.25) is 0 Å². The largest absolute Gasteiger partial charge is 0.393 e. The van der Waals surface area contributed by atoms with Crippen LogP contribution in [-0.2, 0) is 12.8 Å². The van der Waals surface area contributed by atoms with Crippen molar-refractivity contribution in [2.45, 2.75) is 57.5 Å². The third-order valence-electron chi connectivity index (χ3n) is 4.32. The summed E-state index contributed by atoms with van der Waals surface area (Å²) in [6, 6.07) is 8.96. The van der Waals surface area contributed by atoms with Gasteiger partial charge in [0.05, 0.1) is 6.10 Å². The van der Waals surface area contributed by atoms with Crippen molar-refractivity contribution in [3.05, 3.63) is 35.4 Å². The van der Waals surface area contributed by atoms with Crippen LogP contribution in [0.3, 0.4) is 0 Å². The van der Waals surface area contributed by atoms with Crippen LogP contribution in [0.25, 0.3) is 0 Å². The first-order chi connectivity index (χ1) is 9.28. The average Bonchev–Trinajstić information content (AvgIpc) is 2.45. The molecule has 0 radical (unpaired) electrons. The Morgan fingerprint density at radius 1 is 1.05 bits per heavy atom. The molecule has 0 atom stereocenters. The van der Waals surface area contributed by atoms with Crippen LogP contribution in [0.1, 0.15) is 49.7 Å². The van der Waals surface area contributed by atoms with E-state index in [1.807, 2.05) is 0 Å². The molecule has 2 nitrogen and oxygen atoms in total. The van der Waals surface area contributed by atoms with E-state index in [0.29, 0.717) is 0 Å². The second-order valence-electron chi connectivity index (χ2n) is 5.93. The molecule has 0 aromatic heterocycles. The molecule has 1 aromatic carbocycles. The van der Waals surface area contributed by atoms with Gasteiger partial charge < -0.3 is 10.8 Å². The van der Waals surface area contributed by atoms with Crippen LogP contribution >= 0.6 is 0 Å². The van der Waals surface area contributed by atoms with Crippen molar-refractivity contribution in [2.75, 3.05) is 6.54 Å². The minimum Gasteiger partial charge on any atom is -0.393 e. The van der Waals surface area contributed by atoms with E-state index < -0.39 is 0 Å². The summed E-state index contributed by atoms with van der Waals surface area (Å²) in [6.07, 6.45) is 8.99. The Morgan fingerprint density at radius 3 is 2.42 bits per heavy atom. The molecule has 0 spiro atoms. The van der Waals surface area contributed by atoms with Crippen LogP contribution in [-0.4, -0.2) is 17.8 Å². The highest BCUT2D eigenvalue weighted by Gasteiger charge is 2.18. The number of aryl methyl sites for hydroxylation is 2. The van der Waals surface area contributed by atoms with Gasteiger partial charge >= 0.3 is 0 Å². The van der Waals surface area contributed by atoms with Crippen molar-refractivity contribution in [3.63, 3.8) is 0 Å². The summed E-state index contributed by atoms with van der Waals surface area (Å²) in [7, 11) is 0. The normalized spacial score (nSPS) is 23.5. The quantitative estimate of drug-likeness (QED) is 0.826. The summed E-state index contributed by atoms with van der Waals surface area (Å²) in [4.78, 5) is 0. The second kappa shape index (κ2) is 7.66. The Balaban J connectivity index is 1.78. The number of aliphatic hydroxyl groups excluding tert-OH is 1. The maximum atomic E-state index is 9.52. The highest BCUT2D eigenvalue weighted by molar-refractivity contribution is 5.23. The molecule has 2 heteroatoms. The van der Waals surface area contributed by atoms with E-state index in [4.69, 9.17) is 5.73 Å². The van der Waals surface area contributed by atoms with Crippen LogP contribution in [0.4, 0.5) is 0 Å². The molecule has 0 aliphatic heterocycles. The fourth-order valence-electron chi connectivity index (χ4n) is 3.05. The molecule has 2 rings (SSSR count). The summed E-state index contributed by atoms with van der Waals surface area (Å²) in [6.45, 7) is 0.772. The van der Waals surface area contributed by atoms with Gasteiger partial charge in [-0.3, -0.25) is 0 Å². The summed E-state index contributed by atoms with van der Waals surface area (Å²) in [5.74, 6) is 0.816.